The lowest BCUT2D eigenvalue weighted by Crippen LogP contribution is -2.28. The minimum Gasteiger partial charge on any atom is -0.459 e. The fourth-order valence-electron chi connectivity index (χ4n) is 1.89. The van der Waals surface area contributed by atoms with Crippen LogP contribution in [0.5, 0.6) is 0 Å². The van der Waals surface area contributed by atoms with Gasteiger partial charge in [-0.15, -0.1) is 0 Å². The van der Waals surface area contributed by atoms with Gasteiger partial charge in [0.25, 0.3) is 0 Å². The predicted molar refractivity (Wildman–Crippen MR) is 45.4 cm³/mol. The van der Waals surface area contributed by atoms with E-state index in [2.05, 4.69) is 6.08 Å². The van der Waals surface area contributed by atoms with Crippen molar-refractivity contribution >= 4 is 5.97 Å². The van der Waals surface area contributed by atoms with Crippen LogP contribution in [-0.2, 0) is 9.53 Å². The van der Waals surface area contributed by atoms with Crippen molar-refractivity contribution in [2.75, 3.05) is 0 Å². The Morgan fingerprint density at radius 3 is 2.67 bits per heavy atom. The molecule has 12 heavy (non-hydrogen) atoms. The molecule has 1 fully saturated rings. The Labute approximate surface area is 71.9 Å². The summed E-state index contributed by atoms with van der Waals surface area (Å²) in [6.45, 7) is 3.91. The molecule has 0 aromatic carbocycles. The van der Waals surface area contributed by atoms with Gasteiger partial charge in [-0.1, -0.05) is 24.3 Å². The summed E-state index contributed by atoms with van der Waals surface area (Å²) in [6, 6.07) is 0. The van der Waals surface area contributed by atoms with Crippen LogP contribution in [0.3, 0.4) is 0 Å². The first-order valence-corrected chi connectivity index (χ1v) is 4.19. The average molecular weight is 164 g/mol. The zero-order valence-corrected chi connectivity index (χ0v) is 7.28. The molecule has 2 aliphatic rings. The Bertz CT molecular complexity index is 274. The maximum Gasteiger partial charge on any atom is 0.314 e. The van der Waals surface area contributed by atoms with Crippen LogP contribution in [0.1, 0.15) is 13.8 Å². The van der Waals surface area contributed by atoms with Gasteiger partial charge in [-0.2, -0.15) is 0 Å². The van der Waals surface area contributed by atoms with Crippen LogP contribution < -0.4 is 0 Å². The molecule has 0 N–H and O–H groups in total. The molecule has 2 atom stereocenters. The molecule has 64 valence electrons. The molecule has 0 bridgehead atoms. The quantitative estimate of drug-likeness (QED) is 0.509. The Morgan fingerprint density at radius 2 is 2.00 bits per heavy atom. The second kappa shape index (κ2) is 2.22. The Hall–Kier alpha value is -1.05. The first-order chi connectivity index (χ1) is 5.61. The summed E-state index contributed by atoms with van der Waals surface area (Å²) in [4.78, 5) is 11.3. The number of fused-ring (bicyclic) bond motifs is 1. The third-order valence-corrected chi connectivity index (χ3v) is 2.57. The molecule has 2 rings (SSSR count). The highest BCUT2D eigenvalue weighted by molar-refractivity contribution is 5.78. The van der Waals surface area contributed by atoms with Gasteiger partial charge in [0, 0.05) is 5.92 Å². The molecule has 0 saturated carbocycles. The summed E-state index contributed by atoms with van der Waals surface area (Å²) in [5.41, 5.74) is -0.330. The van der Waals surface area contributed by atoms with Crippen molar-refractivity contribution in [2.45, 2.75) is 19.4 Å². The van der Waals surface area contributed by atoms with E-state index in [9.17, 15) is 4.79 Å². The fraction of sp³-hybridized carbons (Fsp3) is 0.500. The first-order valence-electron chi connectivity index (χ1n) is 4.19. The number of allylic oxidation sites excluding steroid dienone is 2. The second-order valence-corrected chi connectivity index (χ2v) is 3.85. The van der Waals surface area contributed by atoms with Crippen LogP contribution in [-0.4, -0.2) is 11.6 Å². The Morgan fingerprint density at radius 1 is 1.33 bits per heavy atom. The summed E-state index contributed by atoms with van der Waals surface area (Å²) in [6.07, 6.45) is 7.85. The van der Waals surface area contributed by atoms with Crippen molar-refractivity contribution in [2.24, 2.45) is 11.8 Å². The van der Waals surface area contributed by atoms with Crippen molar-refractivity contribution in [3.63, 3.8) is 0 Å². The van der Waals surface area contributed by atoms with Gasteiger partial charge in [0.15, 0.2) is 0 Å². The lowest BCUT2D eigenvalue weighted by Gasteiger charge is -2.24. The monoisotopic (exact) mass is 164 g/mol. The molecule has 0 radical (unpaired) electrons. The number of esters is 1. The van der Waals surface area contributed by atoms with Crippen molar-refractivity contribution < 1.29 is 9.53 Å². The number of carbonyl (C=O) groups is 1. The highest BCUT2D eigenvalue weighted by Crippen LogP contribution is 2.40. The molecular weight excluding hydrogens is 152 g/mol. The lowest BCUT2D eigenvalue weighted by molar-refractivity contribution is -0.147. The number of ether oxygens (including phenoxy) is 1. The van der Waals surface area contributed by atoms with Gasteiger partial charge in [-0.05, 0) is 13.8 Å². The maximum atomic E-state index is 11.3. The zero-order chi connectivity index (χ0) is 8.77. The SMILES string of the molecule is CC1(C)OC(=O)C2C=CC=CC21. The molecule has 0 amide bonds. The molecule has 2 heteroatoms. The molecule has 1 aliphatic heterocycles. The molecule has 0 spiro atoms. The van der Waals surface area contributed by atoms with Gasteiger partial charge in [0.05, 0.1) is 5.92 Å². The van der Waals surface area contributed by atoms with E-state index in [0.717, 1.165) is 0 Å². The van der Waals surface area contributed by atoms with Crippen LogP contribution >= 0.6 is 0 Å². The molecular formula is C10H12O2. The number of rotatable bonds is 0. The number of cyclic esters (lactones) is 1. The number of carbonyl (C=O) groups excluding carboxylic acids is 1. The Balaban J connectivity index is 2.37. The molecule has 2 unspecified atom stereocenters. The van der Waals surface area contributed by atoms with Crippen LogP contribution in [0.2, 0.25) is 0 Å². The van der Waals surface area contributed by atoms with Crippen molar-refractivity contribution in [1.29, 1.82) is 0 Å². The van der Waals surface area contributed by atoms with E-state index in [1.54, 1.807) is 0 Å². The lowest BCUT2D eigenvalue weighted by atomic mass is 9.81. The molecule has 0 aromatic rings. The van der Waals surface area contributed by atoms with Crippen LogP contribution in [0.25, 0.3) is 0 Å². The van der Waals surface area contributed by atoms with E-state index in [0.29, 0.717) is 0 Å². The highest BCUT2D eigenvalue weighted by Gasteiger charge is 2.47. The minimum atomic E-state index is -0.330. The molecule has 0 aromatic heterocycles. The summed E-state index contributed by atoms with van der Waals surface area (Å²) < 4.78 is 5.25. The Kier molecular flexibility index (Phi) is 1.40. The highest BCUT2D eigenvalue weighted by atomic mass is 16.6. The van der Waals surface area contributed by atoms with Gasteiger partial charge in [0.2, 0.25) is 0 Å². The second-order valence-electron chi connectivity index (χ2n) is 3.85. The van der Waals surface area contributed by atoms with E-state index >= 15 is 0 Å². The van der Waals surface area contributed by atoms with Crippen LogP contribution in [0, 0.1) is 11.8 Å². The summed E-state index contributed by atoms with van der Waals surface area (Å²) in [7, 11) is 0. The summed E-state index contributed by atoms with van der Waals surface area (Å²) >= 11 is 0. The number of hydrogen-bond acceptors (Lipinski definition) is 2. The largest absolute Gasteiger partial charge is 0.459 e. The molecule has 1 heterocycles. The van der Waals surface area contributed by atoms with E-state index in [1.807, 2.05) is 32.1 Å². The predicted octanol–water partition coefficient (Wildman–Crippen LogP) is 1.68. The van der Waals surface area contributed by atoms with Crippen LogP contribution in [0.15, 0.2) is 24.3 Å². The molecule has 1 saturated heterocycles. The van der Waals surface area contributed by atoms with E-state index in [-0.39, 0.29) is 23.4 Å². The molecule has 1 aliphatic carbocycles. The summed E-state index contributed by atoms with van der Waals surface area (Å²) in [5, 5.41) is 0. The fourth-order valence-corrected chi connectivity index (χ4v) is 1.89. The van der Waals surface area contributed by atoms with Gasteiger partial charge in [0.1, 0.15) is 5.60 Å². The molecule has 2 nitrogen and oxygen atoms in total. The van der Waals surface area contributed by atoms with E-state index < -0.39 is 0 Å². The van der Waals surface area contributed by atoms with Crippen LogP contribution in [0.4, 0.5) is 0 Å². The average Bonchev–Trinajstić information content (AvgIpc) is 2.25. The maximum absolute atomic E-state index is 11.3. The third-order valence-electron chi connectivity index (χ3n) is 2.57. The van der Waals surface area contributed by atoms with Crippen molar-refractivity contribution in [3.8, 4) is 0 Å². The van der Waals surface area contributed by atoms with E-state index in [1.165, 1.54) is 0 Å². The summed E-state index contributed by atoms with van der Waals surface area (Å²) in [5.74, 6) is 0.0746. The topological polar surface area (TPSA) is 26.3 Å². The van der Waals surface area contributed by atoms with Crippen molar-refractivity contribution in [1.82, 2.24) is 0 Å². The normalized spacial score (nSPS) is 36.3. The van der Waals surface area contributed by atoms with Gasteiger partial charge < -0.3 is 4.74 Å². The third kappa shape index (κ3) is 0.909. The van der Waals surface area contributed by atoms with Gasteiger partial charge >= 0.3 is 5.97 Å². The van der Waals surface area contributed by atoms with Gasteiger partial charge in [-0.25, -0.2) is 0 Å². The zero-order valence-electron chi connectivity index (χ0n) is 7.28. The first kappa shape index (κ1) is 7.59. The van der Waals surface area contributed by atoms with Crippen molar-refractivity contribution in [3.05, 3.63) is 24.3 Å². The number of hydrogen-bond donors (Lipinski definition) is 0. The minimum absolute atomic E-state index is 0.0509. The smallest absolute Gasteiger partial charge is 0.314 e. The standard InChI is InChI=1S/C10H12O2/c1-10(2)8-6-4-3-5-7(8)9(11)12-10/h3-8H,1-2H3. The van der Waals surface area contributed by atoms with E-state index in [4.69, 9.17) is 4.74 Å². The van der Waals surface area contributed by atoms with Gasteiger partial charge in [-0.3, -0.25) is 4.79 Å².